The quantitative estimate of drug-likeness (QED) is 0.923. The molecule has 1 aromatic heterocycles. The van der Waals surface area contributed by atoms with Crippen LogP contribution in [0.25, 0.3) is 0 Å². The van der Waals surface area contributed by atoms with E-state index in [1.807, 2.05) is 12.2 Å². The van der Waals surface area contributed by atoms with E-state index in [2.05, 4.69) is 31.2 Å². The summed E-state index contributed by atoms with van der Waals surface area (Å²) in [6, 6.07) is 1.21. The predicted molar refractivity (Wildman–Crippen MR) is 64.9 cm³/mol. The number of nitrogens with one attached hydrogen (secondary N) is 1. The van der Waals surface area contributed by atoms with E-state index in [4.69, 9.17) is 0 Å². The fourth-order valence-electron chi connectivity index (χ4n) is 1.44. The number of hydrogen-bond donors (Lipinski definition) is 1. The zero-order valence-electron chi connectivity index (χ0n) is 8.83. The van der Waals surface area contributed by atoms with Crippen LogP contribution in [-0.2, 0) is 0 Å². The maximum absolute atomic E-state index is 12.4. The monoisotopic (exact) mass is 301 g/mol. The standard InChI is InChI=1S/C11H10BrF2N3/c12-7-2-1-3-8(6-7)16-11-15-5-4-9(17-11)10(13)14/h3-6,10H,1-2H2,(H,15,16,17). The van der Waals surface area contributed by atoms with Gasteiger partial charge in [0.05, 0.1) is 0 Å². The van der Waals surface area contributed by atoms with Gasteiger partial charge in [-0.25, -0.2) is 18.7 Å². The lowest BCUT2D eigenvalue weighted by Crippen LogP contribution is -2.05. The van der Waals surface area contributed by atoms with Crippen LogP contribution in [0.15, 0.2) is 34.6 Å². The van der Waals surface area contributed by atoms with Crippen LogP contribution < -0.4 is 5.32 Å². The minimum absolute atomic E-state index is 0.188. The zero-order chi connectivity index (χ0) is 12.3. The molecule has 0 saturated heterocycles. The van der Waals surface area contributed by atoms with Gasteiger partial charge in [-0.1, -0.05) is 22.0 Å². The molecule has 0 atom stereocenters. The first-order valence-electron chi connectivity index (χ1n) is 5.09. The highest BCUT2D eigenvalue weighted by molar-refractivity contribution is 9.11. The van der Waals surface area contributed by atoms with Crippen molar-refractivity contribution in [1.29, 1.82) is 0 Å². The van der Waals surface area contributed by atoms with E-state index in [1.54, 1.807) is 0 Å². The van der Waals surface area contributed by atoms with Crippen LogP contribution in [-0.4, -0.2) is 9.97 Å². The maximum Gasteiger partial charge on any atom is 0.280 e. The Bertz CT molecular complexity index is 472. The van der Waals surface area contributed by atoms with E-state index >= 15 is 0 Å². The normalized spacial score (nSPS) is 15.5. The van der Waals surface area contributed by atoms with Gasteiger partial charge in [0.25, 0.3) is 6.43 Å². The molecule has 0 spiro atoms. The molecule has 0 saturated carbocycles. The molecular formula is C11H10BrF2N3. The second kappa shape index (κ2) is 5.35. The second-order valence-electron chi connectivity index (χ2n) is 3.52. The first-order valence-corrected chi connectivity index (χ1v) is 5.89. The van der Waals surface area contributed by atoms with Gasteiger partial charge in [-0.2, -0.15) is 0 Å². The van der Waals surface area contributed by atoms with E-state index in [9.17, 15) is 8.78 Å². The summed E-state index contributed by atoms with van der Waals surface area (Å²) in [5.74, 6) is 0.188. The molecule has 17 heavy (non-hydrogen) atoms. The van der Waals surface area contributed by atoms with Gasteiger partial charge >= 0.3 is 0 Å². The summed E-state index contributed by atoms with van der Waals surface area (Å²) >= 11 is 3.40. The molecule has 6 heteroatoms. The number of rotatable bonds is 3. The third-order valence-electron chi connectivity index (χ3n) is 2.22. The molecule has 1 aliphatic carbocycles. The van der Waals surface area contributed by atoms with Crippen molar-refractivity contribution >= 4 is 21.9 Å². The number of anilines is 1. The summed E-state index contributed by atoms with van der Waals surface area (Å²) in [4.78, 5) is 7.63. The SMILES string of the molecule is FC(F)c1ccnc(NC2=CCCC(Br)=C2)n1. The van der Waals surface area contributed by atoms with Crippen LogP contribution in [0.1, 0.15) is 25.0 Å². The molecule has 1 aromatic rings. The largest absolute Gasteiger partial charge is 0.324 e. The molecule has 0 aliphatic heterocycles. The van der Waals surface area contributed by atoms with Crippen LogP contribution in [0.3, 0.4) is 0 Å². The Labute approximate surface area is 106 Å². The lowest BCUT2D eigenvalue weighted by Gasteiger charge is -2.11. The summed E-state index contributed by atoms with van der Waals surface area (Å²) in [5.41, 5.74) is 0.538. The Morgan fingerprint density at radius 1 is 1.41 bits per heavy atom. The minimum atomic E-state index is -2.58. The maximum atomic E-state index is 12.4. The summed E-state index contributed by atoms with van der Waals surface area (Å²) < 4.78 is 25.9. The van der Waals surface area contributed by atoms with Crippen LogP contribution in [0.2, 0.25) is 0 Å². The van der Waals surface area contributed by atoms with Crippen molar-refractivity contribution in [2.75, 3.05) is 5.32 Å². The number of nitrogens with zero attached hydrogens (tertiary/aromatic N) is 2. The van der Waals surface area contributed by atoms with Crippen molar-refractivity contribution in [2.45, 2.75) is 19.3 Å². The molecule has 0 aromatic carbocycles. The topological polar surface area (TPSA) is 37.8 Å². The van der Waals surface area contributed by atoms with E-state index in [1.165, 1.54) is 12.3 Å². The summed E-state index contributed by atoms with van der Waals surface area (Å²) in [5, 5.41) is 2.91. The Balaban J connectivity index is 2.14. The lowest BCUT2D eigenvalue weighted by atomic mass is 10.1. The van der Waals surface area contributed by atoms with Crippen molar-refractivity contribution in [1.82, 2.24) is 9.97 Å². The Morgan fingerprint density at radius 3 is 2.94 bits per heavy atom. The average molecular weight is 302 g/mol. The molecule has 0 bridgehead atoms. The van der Waals surface area contributed by atoms with Gasteiger partial charge in [0.2, 0.25) is 5.95 Å². The number of aromatic nitrogens is 2. The van der Waals surface area contributed by atoms with E-state index in [-0.39, 0.29) is 11.6 Å². The lowest BCUT2D eigenvalue weighted by molar-refractivity contribution is 0.146. The summed E-state index contributed by atoms with van der Waals surface area (Å²) in [7, 11) is 0. The first-order chi connectivity index (χ1) is 8.15. The van der Waals surface area contributed by atoms with Crippen LogP contribution >= 0.6 is 15.9 Å². The van der Waals surface area contributed by atoms with Crippen molar-refractivity contribution in [3.8, 4) is 0 Å². The van der Waals surface area contributed by atoms with Gasteiger partial charge in [-0.05, 0) is 29.5 Å². The predicted octanol–water partition coefficient (Wildman–Crippen LogP) is 3.78. The number of halogens is 3. The van der Waals surface area contributed by atoms with E-state index in [0.717, 1.165) is 23.0 Å². The number of allylic oxidation sites excluding steroid dienone is 3. The van der Waals surface area contributed by atoms with Crippen LogP contribution in [0, 0.1) is 0 Å². The Hall–Kier alpha value is -1.30. The molecule has 1 N–H and O–H groups in total. The number of hydrogen-bond acceptors (Lipinski definition) is 3. The third kappa shape index (κ3) is 3.33. The van der Waals surface area contributed by atoms with Crippen molar-refractivity contribution in [3.05, 3.63) is 40.3 Å². The van der Waals surface area contributed by atoms with Crippen molar-refractivity contribution < 1.29 is 8.78 Å². The summed E-state index contributed by atoms with van der Waals surface area (Å²) in [6.07, 6.45) is 4.45. The van der Waals surface area contributed by atoms with Gasteiger partial charge in [0.1, 0.15) is 5.69 Å². The van der Waals surface area contributed by atoms with Crippen molar-refractivity contribution in [3.63, 3.8) is 0 Å². The van der Waals surface area contributed by atoms with E-state index < -0.39 is 6.43 Å². The van der Waals surface area contributed by atoms with Gasteiger partial charge in [-0.3, -0.25) is 0 Å². The summed E-state index contributed by atoms with van der Waals surface area (Å²) in [6.45, 7) is 0. The zero-order valence-corrected chi connectivity index (χ0v) is 10.4. The molecule has 0 fully saturated rings. The molecule has 0 radical (unpaired) electrons. The molecule has 2 rings (SSSR count). The van der Waals surface area contributed by atoms with Gasteiger partial charge < -0.3 is 5.32 Å². The minimum Gasteiger partial charge on any atom is -0.324 e. The van der Waals surface area contributed by atoms with E-state index in [0.29, 0.717) is 0 Å². The highest BCUT2D eigenvalue weighted by Crippen LogP contribution is 2.23. The van der Waals surface area contributed by atoms with Crippen molar-refractivity contribution in [2.24, 2.45) is 0 Å². The molecule has 0 unspecified atom stereocenters. The molecule has 3 nitrogen and oxygen atoms in total. The first kappa shape index (κ1) is 12.2. The van der Waals surface area contributed by atoms with Gasteiger partial charge in [0, 0.05) is 11.9 Å². The average Bonchev–Trinajstić information content (AvgIpc) is 2.29. The molecule has 1 aliphatic rings. The molecule has 90 valence electrons. The molecule has 1 heterocycles. The fraction of sp³-hybridized carbons (Fsp3) is 0.273. The Kier molecular flexibility index (Phi) is 3.83. The molecular weight excluding hydrogens is 292 g/mol. The number of alkyl halides is 2. The van der Waals surface area contributed by atoms with Crippen LogP contribution in [0.5, 0.6) is 0 Å². The highest BCUT2D eigenvalue weighted by atomic mass is 79.9. The van der Waals surface area contributed by atoms with Gasteiger partial charge in [0.15, 0.2) is 0 Å². The third-order valence-corrected chi connectivity index (χ3v) is 2.84. The second-order valence-corrected chi connectivity index (χ2v) is 4.54. The smallest absolute Gasteiger partial charge is 0.280 e. The van der Waals surface area contributed by atoms with Crippen LogP contribution in [0.4, 0.5) is 14.7 Å². The highest BCUT2D eigenvalue weighted by Gasteiger charge is 2.10. The molecule has 0 amide bonds. The van der Waals surface area contributed by atoms with Gasteiger partial charge in [-0.15, -0.1) is 0 Å². The Morgan fingerprint density at radius 2 is 2.24 bits per heavy atom. The fourth-order valence-corrected chi connectivity index (χ4v) is 1.91.